The highest BCUT2D eigenvalue weighted by molar-refractivity contribution is 7.92. The second-order valence-electron chi connectivity index (χ2n) is 10.0. The van der Waals surface area contributed by atoms with Crippen LogP contribution >= 0.6 is 0 Å². The van der Waals surface area contributed by atoms with Crippen LogP contribution in [-0.2, 0) is 26.0 Å². The molecule has 206 valence electrons. The van der Waals surface area contributed by atoms with Gasteiger partial charge < -0.3 is 10.2 Å². The van der Waals surface area contributed by atoms with Gasteiger partial charge in [0.05, 0.1) is 10.6 Å². The van der Waals surface area contributed by atoms with Crippen LogP contribution in [0.25, 0.3) is 0 Å². The average Bonchev–Trinajstić information content (AvgIpc) is 2.97. The van der Waals surface area contributed by atoms with Gasteiger partial charge in [-0.3, -0.25) is 13.9 Å². The minimum absolute atomic E-state index is 0.0978. The Labute approximate surface area is 231 Å². The molecule has 1 atom stereocenters. The molecule has 0 aromatic heterocycles. The van der Waals surface area contributed by atoms with Crippen LogP contribution in [0.15, 0.2) is 95.9 Å². The maximum Gasteiger partial charge on any atom is 0.264 e. The fraction of sp³-hybridized carbons (Fsp3) is 0.355. The number of rotatable bonds is 11. The molecule has 3 aromatic carbocycles. The second-order valence-corrected chi connectivity index (χ2v) is 11.9. The summed E-state index contributed by atoms with van der Waals surface area (Å²) < 4.78 is 28.6. The van der Waals surface area contributed by atoms with Gasteiger partial charge in [0.15, 0.2) is 0 Å². The van der Waals surface area contributed by atoms with E-state index in [1.165, 1.54) is 23.5 Å². The highest BCUT2D eigenvalue weighted by atomic mass is 32.2. The van der Waals surface area contributed by atoms with Crippen LogP contribution in [0, 0.1) is 0 Å². The second kappa shape index (κ2) is 13.4. The predicted octanol–water partition coefficient (Wildman–Crippen LogP) is 4.79. The Balaban J connectivity index is 1.60. The van der Waals surface area contributed by atoms with Gasteiger partial charge in [0.2, 0.25) is 11.8 Å². The summed E-state index contributed by atoms with van der Waals surface area (Å²) in [5.74, 6) is -0.638. The summed E-state index contributed by atoms with van der Waals surface area (Å²) in [6, 6.07) is 25.8. The van der Waals surface area contributed by atoms with E-state index in [0.29, 0.717) is 12.1 Å². The summed E-state index contributed by atoms with van der Waals surface area (Å²) in [6.07, 6.45) is 5.76. The smallest absolute Gasteiger partial charge is 0.264 e. The minimum Gasteiger partial charge on any atom is -0.352 e. The summed E-state index contributed by atoms with van der Waals surface area (Å²) in [4.78, 5) is 28.8. The van der Waals surface area contributed by atoms with E-state index in [1.807, 2.05) is 30.3 Å². The van der Waals surface area contributed by atoms with Crippen LogP contribution in [-0.4, -0.2) is 50.3 Å². The van der Waals surface area contributed by atoms with Gasteiger partial charge in [0, 0.05) is 12.6 Å². The first kappa shape index (κ1) is 28.4. The van der Waals surface area contributed by atoms with Crippen LogP contribution in [0.2, 0.25) is 0 Å². The van der Waals surface area contributed by atoms with Gasteiger partial charge in [0.25, 0.3) is 10.0 Å². The topological polar surface area (TPSA) is 86.8 Å². The van der Waals surface area contributed by atoms with Crippen LogP contribution in [0.1, 0.15) is 44.6 Å². The van der Waals surface area contributed by atoms with E-state index in [9.17, 15) is 18.0 Å². The molecule has 2 amide bonds. The highest BCUT2D eigenvalue weighted by Gasteiger charge is 2.32. The van der Waals surface area contributed by atoms with Crippen LogP contribution in [0.3, 0.4) is 0 Å². The lowest BCUT2D eigenvalue weighted by Gasteiger charge is -2.33. The van der Waals surface area contributed by atoms with Gasteiger partial charge in [-0.15, -0.1) is 0 Å². The standard InChI is InChI=1S/C31H37N3O4S/c1-25(31(36)32-27-16-8-3-9-17-27)33(23-22-26-14-6-2-7-15-26)30(35)24-34(28-18-10-4-11-19-28)39(37,38)29-20-12-5-13-21-29/h2,4-7,10-15,18-21,25,27H,3,8-9,16-17,22-24H2,1H3,(H,32,36)/t25-/m0/s1. The van der Waals surface area contributed by atoms with Crippen LogP contribution < -0.4 is 9.62 Å². The Bertz CT molecular complexity index is 1310. The summed E-state index contributed by atoms with van der Waals surface area (Å²) in [6.45, 7) is 1.59. The molecule has 1 N–H and O–H groups in total. The molecular formula is C31H37N3O4S. The normalized spacial score (nSPS) is 14.8. The molecule has 8 heteroatoms. The molecular weight excluding hydrogens is 510 g/mol. The lowest BCUT2D eigenvalue weighted by atomic mass is 9.95. The molecule has 3 aromatic rings. The predicted molar refractivity (Wildman–Crippen MR) is 154 cm³/mol. The number of anilines is 1. The molecule has 0 unspecified atom stereocenters. The fourth-order valence-electron chi connectivity index (χ4n) is 4.98. The maximum absolute atomic E-state index is 13.9. The molecule has 1 aliphatic rings. The first-order valence-corrected chi connectivity index (χ1v) is 15.1. The zero-order chi connectivity index (χ0) is 27.7. The number of para-hydroxylation sites is 1. The molecule has 1 saturated carbocycles. The van der Waals surface area contributed by atoms with Crippen molar-refractivity contribution in [1.82, 2.24) is 10.2 Å². The van der Waals surface area contributed by atoms with Gasteiger partial charge in [0.1, 0.15) is 12.6 Å². The van der Waals surface area contributed by atoms with Crippen molar-refractivity contribution in [2.24, 2.45) is 0 Å². The van der Waals surface area contributed by atoms with Crippen molar-refractivity contribution < 1.29 is 18.0 Å². The number of sulfonamides is 1. The van der Waals surface area contributed by atoms with Crippen LogP contribution in [0.5, 0.6) is 0 Å². The van der Waals surface area contributed by atoms with Crippen LogP contribution in [0.4, 0.5) is 5.69 Å². The Hall–Kier alpha value is -3.65. The van der Waals surface area contributed by atoms with Crippen molar-refractivity contribution in [3.05, 3.63) is 96.6 Å². The largest absolute Gasteiger partial charge is 0.352 e. The third-order valence-electron chi connectivity index (χ3n) is 7.26. The Morgan fingerprint density at radius 2 is 1.41 bits per heavy atom. The molecule has 0 bridgehead atoms. The van der Waals surface area contributed by atoms with Crippen molar-refractivity contribution in [3.63, 3.8) is 0 Å². The van der Waals surface area contributed by atoms with Crippen molar-refractivity contribution in [3.8, 4) is 0 Å². The molecule has 7 nitrogen and oxygen atoms in total. The van der Waals surface area contributed by atoms with E-state index in [0.717, 1.165) is 35.6 Å². The van der Waals surface area contributed by atoms with Gasteiger partial charge in [-0.2, -0.15) is 0 Å². The number of hydrogen-bond donors (Lipinski definition) is 1. The van der Waals surface area contributed by atoms with E-state index in [-0.39, 0.29) is 23.4 Å². The molecule has 0 saturated heterocycles. The molecule has 39 heavy (non-hydrogen) atoms. The summed E-state index contributed by atoms with van der Waals surface area (Å²) in [7, 11) is -4.03. The number of nitrogens with zero attached hydrogens (tertiary/aromatic N) is 2. The lowest BCUT2D eigenvalue weighted by molar-refractivity contribution is -0.139. The molecule has 1 aliphatic carbocycles. The zero-order valence-corrected chi connectivity index (χ0v) is 23.2. The van der Waals surface area contributed by atoms with E-state index in [1.54, 1.807) is 55.5 Å². The molecule has 0 heterocycles. The molecule has 0 spiro atoms. The first-order chi connectivity index (χ1) is 18.9. The molecule has 1 fully saturated rings. The summed E-state index contributed by atoms with van der Waals surface area (Å²) in [5.41, 5.74) is 1.42. The maximum atomic E-state index is 13.9. The third kappa shape index (κ3) is 7.47. The Morgan fingerprint density at radius 1 is 0.846 bits per heavy atom. The number of hydrogen-bond acceptors (Lipinski definition) is 4. The number of benzene rings is 3. The van der Waals surface area contributed by atoms with E-state index in [4.69, 9.17) is 0 Å². The highest BCUT2D eigenvalue weighted by Crippen LogP contribution is 2.24. The van der Waals surface area contributed by atoms with E-state index in [2.05, 4.69) is 5.32 Å². The van der Waals surface area contributed by atoms with Crippen molar-refractivity contribution in [2.45, 2.75) is 62.4 Å². The quantitative estimate of drug-likeness (QED) is 0.374. The number of carbonyl (C=O) groups is 2. The Morgan fingerprint density at radius 3 is 2.03 bits per heavy atom. The minimum atomic E-state index is -4.03. The summed E-state index contributed by atoms with van der Waals surface area (Å²) in [5, 5.41) is 3.13. The van der Waals surface area contributed by atoms with E-state index < -0.39 is 28.5 Å². The van der Waals surface area contributed by atoms with Gasteiger partial charge in [-0.05, 0) is 56.0 Å². The van der Waals surface area contributed by atoms with Gasteiger partial charge >= 0.3 is 0 Å². The van der Waals surface area contributed by atoms with Crippen molar-refractivity contribution >= 4 is 27.5 Å². The molecule has 4 rings (SSSR count). The van der Waals surface area contributed by atoms with E-state index >= 15 is 0 Å². The summed E-state index contributed by atoms with van der Waals surface area (Å²) >= 11 is 0. The Kier molecular flexibility index (Phi) is 9.76. The SMILES string of the molecule is C[C@@H](C(=O)NC1CCCCC1)N(CCc1ccccc1)C(=O)CN(c1ccccc1)S(=O)(=O)c1ccccc1. The van der Waals surface area contributed by atoms with Crippen molar-refractivity contribution in [1.29, 1.82) is 0 Å². The average molecular weight is 548 g/mol. The number of amides is 2. The van der Waals surface area contributed by atoms with Gasteiger partial charge in [-0.25, -0.2) is 8.42 Å². The molecule has 0 radical (unpaired) electrons. The lowest BCUT2D eigenvalue weighted by Crippen LogP contribution is -2.53. The number of nitrogens with one attached hydrogen (secondary N) is 1. The van der Waals surface area contributed by atoms with Gasteiger partial charge in [-0.1, -0.05) is 86.0 Å². The van der Waals surface area contributed by atoms with Crippen molar-refractivity contribution in [2.75, 3.05) is 17.4 Å². The number of carbonyl (C=O) groups excluding carboxylic acids is 2. The first-order valence-electron chi connectivity index (χ1n) is 13.6. The fourth-order valence-corrected chi connectivity index (χ4v) is 6.42. The molecule has 0 aliphatic heterocycles. The monoisotopic (exact) mass is 547 g/mol. The zero-order valence-electron chi connectivity index (χ0n) is 22.4. The third-order valence-corrected chi connectivity index (χ3v) is 9.05.